The minimum atomic E-state index is -0.732. The molecule has 2 aromatic heterocycles. The highest BCUT2D eigenvalue weighted by atomic mass is 19.1. The molecular weight excluding hydrogens is 803 g/mol. The normalized spacial score (nSPS) is 14.7. The largest absolute Gasteiger partial charge is 0.381 e. The van der Waals surface area contributed by atoms with Crippen molar-refractivity contribution in [1.29, 1.82) is 0 Å². The molecule has 0 bridgehead atoms. The summed E-state index contributed by atoms with van der Waals surface area (Å²) in [5.74, 6) is -2.01. The van der Waals surface area contributed by atoms with Gasteiger partial charge in [-0.05, 0) is 74.2 Å². The standard InChI is InChI=1S/C44H46F2N10O6/c45-33-12-7-13-34(46)31(33)24-49-42(59)28-9-5-10-29(23-28)48-25-38-53-54-41(36-18-19-47-27-50-36)55(38)20-8-22-62-21-4-2-1-3-15-39(57)51-35-14-6-11-30-32(35)26-56(44(30)61)37-16-17-40(58)52-43(37)60/h5-7,9-14,18-19,23,27,37,48H,1-4,8,15-17,20-22,24-26H2,(H,49,59)(H,51,57)(H,52,58,60). The monoisotopic (exact) mass is 848 g/mol. The highest BCUT2D eigenvalue weighted by Crippen LogP contribution is 2.32. The first-order valence-corrected chi connectivity index (χ1v) is 20.5. The minimum absolute atomic E-state index is 0.153. The van der Waals surface area contributed by atoms with Crippen LogP contribution in [0.5, 0.6) is 0 Å². The minimum Gasteiger partial charge on any atom is -0.381 e. The number of hydrogen-bond donors (Lipinski definition) is 4. The summed E-state index contributed by atoms with van der Waals surface area (Å²) >= 11 is 0. The second-order valence-corrected chi connectivity index (χ2v) is 14.9. The van der Waals surface area contributed by atoms with E-state index < -0.39 is 29.5 Å². The van der Waals surface area contributed by atoms with E-state index in [1.54, 1.807) is 54.7 Å². The molecule has 5 aromatic rings. The number of piperidine rings is 1. The Kier molecular flexibility index (Phi) is 14.3. The maximum Gasteiger partial charge on any atom is 0.255 e. The highest BCUT2D eigenvalue weighted by molar-refractivity contribution is 6.06. The summed E-state index contributed by atoms with van der Waals surface area (Å²) in [6.07, 6.45) is 7.74. The van der Waals surface area contributed by atoms with Gasteiger partial charge < -0.3 is 30.2 Å². The number of imide groups is 1. The molecule has 4 N–H and O–H groups in total. The summed E-state index contributed by atoms with van der Waals surface area (Å²) in [6, 6.07) is 16.5. The van der Waals surface area contributed by atoms with Crippen molar-refractivity contribution in [2.45, 2.75) is 83.6 Å². The number of ether oxygens (including phenoxy) is 1. The zero-order chi connectivity index (χ0) is 43.4. The van der Waals surface area contributed by atoms with Crippen LogP contribution in [0.25, 0.3) is 11.5 Å². The van der Waals surface area contributed by atoms with Gasteiger partial charge in [0.05, 0.1) is 6.54 Å². The van der Waals surface area contributed by atoms with Crippen molar-refractivity contribution in [2.75, 3.05) is 23.8 Å². The molecule has 2 aliphatic heterocycles. The van der Waals surface area contributed by atoms with Crippen LogP contribution in [-0.2, 0) is 45.3 Å². The molecule has 1 saturated heterocycles. The van der Waals surface area contributed by atoms with E-state index in [0.717, 1.165) is 31.4 Å². The van der Waals surface area contributed by atoms with E-state index >= 15 is 0 Å². The van der Waals surface area contributed by atoms with Gasteiger partial charge >= 0.3 is 0 Å². The Labute approximate surface area is 355 Å². The predicted octanol–water partition coefficient (Wildman–Crippen LogP) is 5.31. The number of fused-ring (bicyclic) bond motifs is 1. The summed E-state index contributed by atoms with van der Waals surface area (Å²) in [4.78, 5) is 72.6. The molecule has 7 rings (SSSR count). The number of hydrogen-bond acceptors (Lipinski definition) is 11. The van der Waals surface area contributed by atoms with Gasteiger partial charge in [0, 0.05) is 85.5 Å². The Morgan fingerprint density at radius 2 is 1.68 bits per heavy atom. The summed E-state index contributed by atoms with van der Waals surface area (Å²) < 4.78 is 36.0. The molecule has 5 amide bonds. The third-order valence-electron chi connectivity index (χ3n) is 10.7. The third kappa shape index (κ3) is 10.7. The van der Waals surface area contributed by atoms with Crippen LogP contribution in [-0.4, -0.2) is 78.4 Å². The first-order valence-electron chi connectivity index (χ1n) is 20.5. The molecule has 0 aliphatic carbocycles. The number of aromatic nitrogens is 5. The lowest BCUT2D eigenvalue weighted by Crippen LogP contribution is -2.52. The molecule has 0 saturated carbocycles. The van der Waals surface area contributed by atoms with Gasteiger partial charge in [-0.2, -0.15) is 0 Å². The Hall–Kier alpha value is -6.95. The number of nitrogens with zero attached hydrogens (tertiary/aromatic N) is 6. The maximum atomic E-state index is 14.1. The molecule has 16 nitrogen and oxygen atoms in total. The Bertz CT molecular complexity index is 2410. The molecule has 18 heteroatoms. The fourth-order valence-electron chi connectivity index (χ4n) is 7.42. The molecular formula is C44H46F2N10O6. The summed E-state index contributed by atoms with van der Waals surface area (Å²) in [7, 11) is 0. The van der Waals surface area contributed by atoms with Crippen molar-refractivity contribution >= 4 is 40.9 Å². The Morgan fingerprint density at radius 3 is 2.48 bits per heavy atom. The van der Waals surface area contributed by atoms with Crippen LogP contribution in [0, 0.1) is 11.6 Å². The fourth-order valence-corrected chi connectivity index (χ4v) is 7.42. The van der Waals surface area contributed by atoms with Gasteiger partial charge in [-0.1, -0.05) is 31.0 Å². The number of carbonyl (C=O) groups excluding carboxylic acids is 5. The van der Waals surface area contributed by atoms with E-state index in [2.05, 4.69) is 41.4 Å². The summed E-state index contributed by atoms with van der Waals surface area (Å²) in [5, 5.41) is 19.9. The van der Waals surface area contributed by atoms with Crippen molar-refractivity contribution in [3.63, 3.8) is 0 Å². The number of benzene rings is 3. The summed E-state index contributed by atoms with van der Waals surface area (Å²) in [5.41, 5.74) is 3.00. The van der Waals surface area contributed by atoms with Gasteiger partial charge in [0.1, 0.15) is 29.7 Å². The molecule has 3 aromatic carbocycles. The lowest BCUT2D eigenvalue weighted by molar-refractivity contribution is -0.137. The molecule has 62 heavy (non-hydrogen) atoms. The van der Waals surface area contributed by atoms with Gasteiger partial charge in [0.2, 0.25) is 17.7 Å². The topological polar surface area (TPSA) is 202 Å². The average Bonchev–Trinajstić information content (AvgIpc) is 3.84. The maximum absolute atomic E-state index is 14.1. The smallest absolute Gasteiger partial charge is 0.255 e. The lowest BCUT2D eigenvalue weighted by Gasteiger charge is -2.29. The Morgan fingerprint density at radius 1 is 0.887 bits per heavy atom. The number of nitrogens with one attached hydrogen (secondary N) is 4. The van der Waals surface area contributed by atoms with Crippen LogP contribution in [0.1, 0.15) is 89.0 Å². The SMILES string of the molecule is O=C1CCC(N2Cc3c(NC(=O)CCCCCCOCCCn4c(CNc5cccc(C(=O)NCc6c(F)cccc6F)c5)nnc4-c4ccncn4)cccc3C2=O)C(=O)N1. The van der Waals surface area contributed by atoms with E-state index in [1.165, 1.54) is 17.3 Å². The zero-order valence-electron chi connectivity index (χ0n) is 33.9. The van der Waals surface area contributed by atoms with E-state index in [0.29, 0.717) is 84.4 Å². The molecule has 0 spiro atoms. The van der Waals surface area contributed by atoms with Crippen molar-refractivity contribution in [3.05, 3.63) is 119 Å². The number of anilines is 2. The van der Waals surface area contributed by atoms with Crippen LogP contribution >= 0.6 is 0 Å². The van der Waals surface area contributed by atoms with Crippen LogP contribution in [0.4, 0.5) is 20.2 Å². The van der Waals surface area contributed by atoms with Gasteiger partial charge in [-0.3, -0.25) is 29.3 Å². The molecule has 4 heterocycles. The van der Waals surface area contributed by atoms with E-state index in [-0.39, 0.29) is 55.8 Å². The Balaban J connectivity index is 0.822. The second-order valence-electron chi connectivity index (χ2n) is 14.9. The molecule has 0 radical (unpaired) electrons. The number of carbonyl (C=O) groups is 5. The van der Waals surface area contributed by atoms with Gasteiger partial charge in [0.15, 0.2) is 11.6 Å². The number of halogens is 2. The third-order valence-corrected chi connectivity index (χ3v) is 10.7. The number of unbranched alkanes of at least 4 members (excludes halogenated alkanes) is 3. The van der Waals surface area contributed by atoms with Crippen LogP contribution < -0.4 is 21.3 Å². The van der Waals surface area contributed by atoms with E-state index in [1.807, 2.05) is 4.57 Å². The zero-order valence-corrected chi connectivity index (χ0v) is 33.9. The number of rotatable bonds is 20. The quantitative estimate of drug-likeness (QED) is 0.0584. The predicted molar refractivity (Wildman–Crippen MR) is 222 cm³/mol. The van der Waals surface area contributed by atoms with Gasteiger partial charge in [-0.25, -0.2) is 18.7 Å². The van der Waals surface area contributed by atoms with Crippen molar-refractivity contribution < 1.29 is 37.5 Å². The molecule has 322 valence electrons. The second kappa shape index (κ2) is 20.5. The summed E-state index contributed by atoms with van der Waals surface area (Å²) in [6.45, 7) is 1.77. The van der Waals surface area contributed by atoms with Gasteiger partial charge in [0.25, 0.3) is 11.8 Å². The highest BCUT2D eigenvalue weighted by Gasteiger charge is 2.40. The first kappa shape index (κ1) is 43.1. The van der Waals surface area contributed by atoms with E-state index in [9.17, 15) is 32.8 Å². The lowest BCUT2D eigenvalue weighted by atomic mass is 10.0. The van der Waals surface area contributed by atoms with Crippen LogP contribution in [0.15, 0.2) is 79.3 Å². The fraction of sp³-hybridized carbons (Fsp3) is 0.341. The van der Waals surface area contributed by atoms with Crippen LogP contribution in [0.3, 0.4) is 0 Å². The van der Waals surface area contributed by atoms with Crippen LogP contribution in [0.2, 0.25) is 0 Å². The molecule has 1 fully saturated rings. The average molecular weight is 849 g/mol. The number of amides is 5. The molecule has 2 aliphatic rings. The van der Waals surface area contributed by atoms with Crippen molar-refractivity contribution in [1.82, 2.24) is 40.3 Å². The van der Waals surface area contributed by atoms with Crippen molar-refractivity contribution in [2.24, 2.45) is 0 Å². The molecule has 1 unspecified atom stereocenters. The van der Waals surface area contributed by atoms with Crippen molar-refractivity contribution in [3.8, 4) is 11.5 Å². The van der Waals surface area contributed by atoms with Gasteiger partial charge in [-0.15, -0.1) is 10.2 Å². The molecule has 1 atom stereocenters. The first-order chi connectivity index (χ1) is 30.2. The van der Waals surface area contributed by atoms with E-state index in [4.69, 9.17) is 4.74 Å².